The Bertz CT molecular complexity index is 456. The normalized spacial score (nSPS) is 22.7. The van der Waals surface area contributed by atoms with Gasteiger partial charge in [-0.3, -0.25) is 14.9 Å². The molecule has 1 aromatic rings. The number of carbonyl (C=O) groups is 1. The quantitative estimate of drug-likeness (QED) is 0.659. The van der Waals surface area contributed by atoms with Crippen molar-refractivity contribution in [1.82, 2.24) is 5.32 Å². The van der Waals surface area contributed by atoms with Gasteiger partial charge in [0.2, 0.25) is 0 Å². The SMILES string of the molecule is CC1CCC(NC(=O)c2ccc([N+](=O)[O-])cc2)C1. The predicted molar refractivity (Wildman–Crippen MR) is 67.4 cm³/mol. The van der Waals surface area contributed by atoms with Gasteiger partial charge in [0.25, 0.3) is 11.6 Å². The molecule has 1 fully saturated rings. The van der Waals surface area contributed by atoms with Crippen LogP contribution in [-0.4, -0.2) is 16.9 Å². The van der Waals surface area contributed by atoms with Crippen LogP contribution in [0.4, 0.5) is 5.69 Å². The molecule has 1 N–H and O–H groups in total. The molecule has 2 unspecified atom stereocenters. The van der Waals surface area contributed by atoms with Crippen molar-refractivity contribution in [3.05, 3.63) is 39.9 Å². The number of hydrogen-bond acceptors (Lipinski definition) is 3. The summed E-state index contributed by atoms with van der Waals surface area (Å²) in [4.78, 5) is 21.9. The minimum atomic E-state index is -0.472. The average Bonchev–Trinajstić information content (AvgIpc) is 2.75. The smallest absolute Gasteiger partial charge is 0.269 e. The summed E-state index contributed by atoms with van der Waals surface area (Å²) in [6.07, 6.45) is 3.17. The Morgan fingerprint density at radius 1 is 1.33 bits per heavy atom. The van der Waals surface area contributed by atoms with Crippen molar-refractivity contribution in [2.24, 2.45) is 5.92 Å². The van der Waals surface area contributed by atoms with E-state index in [-0.39, 0.29) is 17.6 Å². The number of non-ortho nitro benzene ring substituents is 1. The van der Waals surface area contributed by atoms with Crippen molar-refractivity contribution < 1.29 is 9.72 Å². The van der Waals surface area contributed by atoms with Crippen molar-refractivity contribution in [1.29, 1.82) is 0 Å². The zero-order valence-corrected chi connectivity index (χ0v) is 10.3. The number of rotatable bonds is 3. The lowest BCUT2D eigenvalue weighted by molar-refractivity contribution is -0.384. The van der Waals surface area contributed by atoms with Crippen LogP contribution in [-0.2, 0) is 0 Å². The molecular weight excluding hydrogens is 232 g/mol. The van der Waals surface area contributed by atoms with E-state index < -0.39 is 4.92 Å². The molecule has 5 nitrogen and oxygen atoms in total. The van der Waals surface area contributed by atoms with E-state index in [2.05, 4.69) is 12.2 Å². The van der Waals surface area contributed by atoms with Crippen molar-refractivity contribution >= 4 is 11.6 Å². The van der Waals surface area contributed by atoms with Gasteiger partial charge in [-0.05, 0) is 37.3 Å². The lowest BCUT2D eigenvalue weighted by atomic mass is 10.1. The van der Waals surface area contributed by atoms with Crippen molar-refractivity contribution in [3.63, 3.8) is 0 Å². The molecule has 0 bridgehead atoms. The Morgan fingerprint density at radius 2 is 2.00 bits per heavy atom. The van der Waals surface area contributed by atoms with E-state index in [0.29, 0.717) is 11.5 Å². The van der Waals surface area contributed by atoms with E-state index in [1.165, 1.54) is 24.3 Å². The van der Waals surface area contributed by atoms with Gasteiger partial charge in [0.1, 0.15) is 0 Å². The van der Waals surface area contributed by atoms with Gasteiger partial charge in [-0.15, -0.1) is 0 Å². The number of nitrogens with one attached hydrogen (secondary N) is 1. The first-order valence-electron chi connectivity index (χ1n) is 6.11. The number of nitrogens with zero attached hydrogens (tertiary/aromatic N) is 1. The molecule has 0 spiro atoms. The Balaban J connectivity index is 1.98. The van der Waals surface area contributed by atoms with Crippen molar-refractivity contribution in [3.8, 4) is 0 Å². The van der Waals surface area contributed by atoms with E-state index in [9.17, 15) is 14.9 Å². The molecule has 18 heavy (non-hydrogen) atoms. The highest BCUT2D eigenvalue weighted by Gasteiger charge is 2.23. The molecule has 0 aliphatic heterocycles. The van der Waals surface area contributed by atoms with Gasteiger partial charge in [0.15, 0.2) is 0 Å². The van der Waals surface area contributed by atoms with Crippen LogP contribution >= 0.6 is 0 Å². The second-order valence-corrected chi connectivity index (χ2v) is 4.89. The number of carbonyl (C=O) groups excluding carboxylic acids is 1. The van der Waals surface area contributed by atoms with E-state index in [0.717, 1.165) is 19.3 Å². The second kappa shape index (κ2) is 5.16. The maximum absolute atomic E-state index is 11.9. The van der Waals surface area contributed by atoms with Crippen LogP contribution in [0.1, 0.15) is 36.5 Å². The predicted octanol–water partition coefficient (Wildman–Crippen LogP) is 2.51. The minimum Gasteiger partial charge on any atom is -0.349 e. The lowest BCUT2D eigenvalue weighted by Crippen LogP contribution is -2.32. The van der Waals surface area contributed by atoms with Gasteiger partial charge < -0.3 is 5.32 Å². The maximum atomic E-state index is 11.9. The summed E-state index contributed by atoms with van der Waals surface area (Å²) in [5.74, 6) is 0.510. The molecule has 1 aliphatic carbocycles. The number of nitro benzene ring substituents is 1. The van der Waals surface area contributed by atoms with Gasteiger partial charge in [0.05, 0.1) is 4.92 Å². The molecular formula is C13H16N2O3. The van der Waals surface area contributed by atoms with Gasteiger partial charge in [-0.1, -0.05) is 6.92 Å². The first kappa shape index (κ1) is 12.5. The monoisotopic (exact) mass is 248 g/mol. The highest BCUT2D eigenvalue weighted by atomic mass is 16.6. The average molecular weight is 248 g/mol. The Kier molecular flexibility index (Phi) is 3.60. The molecule has 96 valence electrons. The highest BCUT2D eigenvalue weighted by Crippen LogP contribution is 2.24. The Morgan fingerprint density at radius 3 is 2.50 bits per heavy atom. The van der Waals surface area contributed by atoms with Gasteiger partial charge in [-0.25, -0.2) is 0 Å². The maximum Gasteiger partial charge on any atom is 0.269 e. The van der Waals surface area contributed by atoms with Crippen LogP contribution < -0.4 is 5.32 Å². The molecule has 0 heterocycles. The third kappa shape index (κ3) is 2.85. The van der Waals surface area contributed by atoms with E-state index >= 15 is 0 Å². The van der Waals surface area contributed by atoms with Gasteiger partial charge in [-0.2, -0.15) is 0 Å². The first-order valence-corrected chi connectivity index (χ1v) is 6.11. The molecule has 2 rings (SSSR count). The van der Waals surface area contributed by atoms with Crippen LogP contribution in [0.3, 0.4) is 0 Å². The van der Waals surface area contributed by atoms with E-state index in [1.807, 2.05) is 0 Å². The second-order valence-electron chi connectivity index (χ2n) is 4.89. The molecule has 1 amide bonds. The number of hydrogen-bond donors (Lipinski definition) is 1. The van der Waals surface area contributed by atoms with E-state index in [1.54, 1.807) is 0 Å². The molecule has 0 saturated heterocycles. The number of amides is 1. The van der Waals surface area contributed by atoms with Crippen molar-refractivity contribution in [2.45, 2.75) is 32.2 Å². The van der Waals surface area contributed by atoms with Crippen LogP contribution in [0.2, 0.25) is 0 Å². The molecule has 1 aromatic carbocycles. The van der Waals surface area contributed by atoms with Crippen LogP contribution in [0.5, 0.6) is 0 Å². The summed E-state index contributed by atoms with van der Waals surface area (Å²) < 4.78 is 0. The van der Waals surface area contributed by atoms with Crippen LogP contribution in [0, 0.1) is 16.0 Å². The highest BCUT2D eigenvalue weighted by molar-refractivity contribution is 5.94. The topological polar surface area (TPSA) is 72.2 Å². The largest absolute Gasteiger partial charge is 0.349 e. The Hall–Kier alpha value is -1.91. The van der Waals surface area contributed by atoms with Crippen LogP contribution in [0.25, 0.3) is 0 Å². The molecule has 1 saturated carbocycles. The van der Waals surface area contributed by atoms with Gasteiger partial charge >= 0.3 is 0 Å². The Labute approximate surface area is 105 Å². The zero-order valence-electron chi connectivity index (χ0n) is 10.3. The summed E-state index contributed by atoms with van der Waals surface area (Å²) in [6.45, 7) is 2.18. The molecule has 0 radical (unpaired) electrons. The summed E-state index contributed by atoms with van der Waals surface area (Å²) in [6, 6.07) is 5.93. The standard InChI is InChI=1S/C13H16N2O3/c1-9-2-5-11(8-9)14-13(16)10-3-6-12(7-4-10)15(17)18/h3-4,6-7,9,11H,2,5,8H2,1H3,(H,14,16). The molecule has 5 heteroatoms. The zero-order chi connectivity index (χ0) is 13.1. The number of benzene rings is 1. The molecule has 0 aromatic heterocycles. The lowest BCUT2D eigenvalue weighted by Gasteiger charge is -2.12. The van der Waals surface area contributed by atoms with Gasteiger partial charge in [0, 0.05) is 23.7 Å². The summed E-state index contributed by atoms with van der Waals surface area (Å²) >= 11 is 0. The summed E-state index contributed by atoms with van der Waals surface area (Å²) in [7, 11) is 0. The fourth-order valence-electron chi connectivity index (χ4n) is 2.34. The summed E-state index contributed by atoms with van der Waals surface area (Å²) in [5, 5.41) is 13.5. The van der Waals surface area contributed by atoms with Crippen molar-refractivity contribution in [2.75, 3.05) is 0 Å². The summed E-state index contributed by atoms with van der Waals surface area (Å²) in [5.41, 5.74) is 0.473. The number of nitro groups is 1. The molecule has 2 atom stereocenters. The molecule has 1 aliphatic rings. The van der Waals surface area contributed by atoms with Crippen LogP contribution in [0.15, 0.2) is 24.3 Å². The minimum absolute atomic E-state index is 0.000962. The fraction of sp³-hybridized carbons (Fsp3) is 0.462. The third-order valence-corrected chi connectivity index (χ3v) is 3.37. The fourth-order valence-corrected chi connectivity index (χ4v) is 2.34. The third-order valence-electron chi connectivity index (χ3n) is 3.37. The first-order chi connectivity index (χ1) is 8.56. The van der Waals surface area contributed by atoms with E-state index in [4.69, 9.17) is 0 Å².